The molecule has 1 rings (SSSR count). The number of nitriles is 1. The second kappa shape index (κ2) is 6.09. The van der Waals surface area contributed by atoms with Gasteiger partial charge in [0.05, 0.1) is 6.42 Å². The molecule has 1 aromatic carbocycles. The summed E-state index contributed by atoms with van der Waals surface area (Å²) in [5.41, 5.74) is 5.74. The molecular formula is C10H8Cl2N4O. The van der Waals surface area contributed by atoms with Crippen molar-refractivity contribution < 1.29 is 4.79 Å². The normalized spacial score (nSPS) is 10.8. The molecule has 0 unspecified atom stereocenters. The summed E-state index contributed by atoms with van der Waals surface area (Å²) in [6, 6.07) is 4.93. The van der Waals surface area contributed by atoms with Gasteiger partial charge >= 0.3 is 0 Å². The van der Waals surface area contributed by atoms with Crippen LogP contribution >= 0.6 is 23.2 Å². The highest BCUT2D eigenvalue weighted by molar-refractivity contribution is 6.36. The number of guanidine groups is 1. The summed E-state index contributed by atoms with van der Waals surface area (Å²) >= 11 is 11.8. The number of rotatable bonds is 2. The number of benzene rings is 1. The third-order valence-electron chi connectivity index (χ3n) is 1.84. The molecule has 0 saturated heterocycles. The van der Waals surface area contributed by atoms with Crippen LogP contribution in [0.25, 0.3) is 0 Å². The largest absolute Gasteiger partial charge is 0.369 e. The van der Waals surface area contributed by atoms with Crippen LogP contribution in [-0.2, 0) is 11.2 Å². The first-order valence-electron chi connectivity index (χ1n) is 4.49. The molecule has 0 fully saturated rings. The second-order valence-corrected chi connectivity index (χ2v) is 3.84. The molecule has 0 radical (unpaired) electrons. The number of amides is 1. The molecule has 0 atom stereocenters. The zero-order chi connectivity index (χ0) is 12.8. The van der Waals surface area contributed by atoms with E-state index in [9.17, 15) is 4.79 Å². The Labute approximate surface area is 108 Å². The van der Waals surface area contributed by atoms with Crippen LogP contribution < -0.4 is 11.1 Å². The number of nitrogens with one attached hydrogen (secondary N) is 1. The van der Waals surface area contributed by atoms with E-state index in [0.29, 0.717) is 15.6 Å². The fraction of sp³-hybridized carbons (Fsp3) is 0.100. The van der Waals surface area contributed by atoms with E-state index < -0.39 is 5.91 Å². The van der Waals surface area contributed by atoms with Gasteiger partial charge in [-0.15, -0.1) is 4.99 Å². The molecular weight excluding hydrogens is 263 g/mol. The van der Waals surface area contributed by atoms with Gasteiger partial charge in [-0.25, -0.2) is 0 Å². The van der Waals surface area contributed by atoms with Gasteiger partial charge in [-0.1, -0.05) is 29.3 Å². The van der Waals surface area contributed by atoms with Gasteiger partial charge in [0.25, 0.3) is 0 Å². The summed E-state index contributed by atoms with van der Waals surface area (Å²) in [6.07, 6.45) is 1.41. The van der Waals surface area contributed by atoms with Crippen LogP contribution in [0.5, 0.6) is 0 Å². The van der Waals surface area contributed by atoms with E-state index in [1.54, 1.807) is 18.2 Å². The lowest BCUT2D eigenvalue weighted by Crippen LogP contribution is -2.37. The van der Waals surface area contributed by atoms with Gasteiger partial charge < -0.3 is 5.73 Å². The molecule has 17 heavy (non-hydrogen) atoms. The summed E-state index contributed by atoms with van der Waals surface area (Å²) in [7, 11) is 0. The summed E-state index contributed by atoms with van der Waals surface area (Å²) in [5.74, 6) is -0.711. The number of nitrogens with two attached hydrogens (primary N) is 1. The molecule has 5 nitrogen and oxygen atoms in total. The summed E-state index contributed by atoms with van der Waals surface area (Å²) in [4.78, 5) is 14.7. The van der Waals surface area contributed by atoms with Gasteiger partial charge in [0.15, 0.2) is 0 Å². The Hall–Kier alpha value is -1.77. The zero-order valence-corrected chi connectivity index (χ0v) is 10.1. The smallest absolute Gasteiger partial charge is 0.231 e. The SMILES string of the molecule is N#CN=C(N)NC(=O)Cc1c(Cl)cccc1Cl. The number of carbonyl (C=O) groups is 1. The van der Waals surface area contributed by atoms with Crippen molar-refractivity contribution in [1.82, 2.24) is 5.32 Å². The molecule has 0 aromatic heterocycles. The molecule has 0 spiro atoms. The molecule has 0 bridgehead atoms. The molecule has 0 heterocycles. The highest BCUT2D eigenvalue weighted by atomic mass is 35.5. The fourth-order valence-electron chi connectivity index (χ4n) is 1.13. The third-order valence-corrected chi connectivity index (χ3v) is 2.55. The Morgan fingerprint density at radius 1 is 1.47 bits per heavy atom. The Kier molecular flexibility index (Phi) is 4.76. The molecule has 88 valence electrons. The van der Waals surface area contributed by atoms with Crippen molar-refractivity contribution >= 4 is 35.1 Å². The predicted molar refractivity (Wildman–Crippen MR) is 65.5 cm³/mol. The zero-order valence-electron chi connectivity index (χ0n) is 8.58. The van der Waals surface area contributed by atoms with Crippen LogP contribution in [0.4, 0.5) is 0 Å². The molecule has 0 aliphatic rings. The Balaban J connectivity index is 2.76. The van der Waals surface area contributed by atoms with E-state index >= 15 is 0 Å². The average molecular weight is 271 g/mol. The summed E-state index contributed by atoms with van der Waals surface area (Å²) in [6.45, 7) is 0. The first-order valence-corrected chi connectivity index (χ1v) is 5.25. The van der Waals surface area contributed by atoms with E-state index in [0.717, 1.165) is 0 Å². The van der Waals surface area contributed by atoms with Gasteiger partial charge in [-0.3, -0.25) is 10.1 Å². The van der Waals surface area contributed by atoms with Crippen LogP contribution in [0.2, 0.25) is 10.0 Å². The Bertz CT molecular complexity index is 487. The lowest BCUT2D eigenvalue weighted by atomic mass is 10.1. The number of hydrogen-bond acceptors (Lipinski definition) is 3. The van der Waals surface area contributed by atoms with Crippen LogP contribution in [0.1, 0.15) is 5.56 Å². The average Bonchev–Trinajstić information content (AvgIpc) is 2.24. The van der Waals surface area contributed by atoms with Crippen molar-refractivity contribution in [2.75, 3.05) is 0 Å². The number of nitrogens with zero attached hydrogens (tertiary/aromatic N) is 2. The molecule has 1 amide bonds. The van der Waals surface area contributed by atoms with Crippen molar-refractivity contribution in [3.05, 3.63) is 33.8 Å². The Morgan fingerprint density at radius 2 is 2.06 bits per heavy atom. The number of carbonyl (C=O) groups excluding carboxylic acids is 1. The maximum Gasteiger partial charge on any atom is 0.231 e. The van der Waals surface area contributed by atoms with Crippen LogP contribution in [-0.4, -0.2) is 11.9 Å². The number of halogens is 2. The van der Waals surface area contributed by atoms with Crippen LogP contribution in [0, 0.1) is 11.5 Å². The maximum absolute atomic E-state index is 11.5. The van der Waals surface area contributed by atoms with Crippen LogP contribution in [0.3, 0.4) is 0 Å². The number of hydrogen-bond donors (Lipinski definition) is 2. The van der Waals surface area contributed by atoms with E-state index in [-0.39, 0.29) is 12.4 Å². The first-order chi connectivity index (χ1) is 8.04. The predicted octanol–water partition coefficient (Wildman–Crippen LogP) is 1.45. The quantitative estimate of drug-likeness (QED) is 0.484. The molecule has 0 saturated carbocycles. The standard InChI is InChI=1S/C10H8Cl2N4O/c11-7-2-1-3-8(12)6(7)4-9(17)16-10(14)15-5-13/h1-3H,4H2,(H3,14,15,16,17). The monoisotopic (exact) mass is 270 g/mol. The van der Waals surface area contributed by atoms with E-state index in [1.165, 1.54) is 6.19 Å². The minimum atomic E-state index is -0.448. The summed E-state index contributed by atoms with van der Waals surface area (Å²) in [5, 5.41) is 11.2. The van der Waals surface area contributed by atoms with Crippen molar-refractivity contribution in [3.63, 3.8) is 0 Å². The highest BCUT2D eigenvalue weighted by Crippen LogP contribution is 2.24. The van der Waals surface area contributed by atoms with Crippen molar-refractivity contribution in [2.24, 2.45) is 10.7 Å². The molecule has 3 N–H and O–H groups in total. The molecule has 1 aromatic rings. The Morgan fingerprint density at radius 3 is 2.59 bits per heavy atom. The highest BCUT2D eigenvalue weighted by Gasteiger charge is 2.11. The van der Waals surface area contributed by atoms with E-state index in [1.807, 2.05) is 0 Å². The molecule has 7 heteroatoms. The first kappa shape index (κ1) is 13.3. The van der Waals surface area contributed by atoms with Gasteiger partial charge in [0.1, 0.15) is 0 Å². The van der Waals surface area contributed by atoms with Crippen molar-refractivity contribution in [1.29, 1.82) is 5.26 Å². The lowest BCUT2D eigenvalue weighted by molar-refractivity contribution is -0.119. The maximum atomic E-state index is 11.5. The van der Waals surface area contributed by atoms with Crippen LogP contribution in [0.15, 0.2) is 23.2 Å². The minimum absolute atomic E-state index is 0.0415. The lowest BCUT2D eigenvalue weighted by Gasteiger charge is -2.06. The van der Waals surface area contributed by atoms with Gasteiger partial charge in [-0.2, -0.15) is 5.26 Å². The van der Waals surface area contributed by atoms with Gasteiger partial charge in [-0.05, 0) is 17.7 Å². The van der Waals surface area contributed by atoms with Gasteiger partial charge in [0.2, 0.25) is 18.1 Å². The summed E-state index contributed by atoms with van der Waals surface area (Å²) < 4.78 is 0. The number of aliphatic imine (C=N–C) groups is 1. The topological polar surface area (TPSA) is 91.3 Å². The molecule has 0 aliphatic carbocycles. The van der Waals surface area contributed by atoms with E-state index in [4.69, 9.17) is 34.2 Å². The second-order valence-electron chi connectivity index (χ2n) is 3.02. The fourth-order valence-corrected chi connectivity index (χ4v) is 1.66. The molecule has 0 aliphatic heterocycles. The third kappa shape index (κ3) is 3.94. The van der Waals surface area contributed by atoms with Gasteiger partial charge in [0, 0.05) is 10.0 Å². The van der Waals surface area contributed by atoms with Crippen molar-refractivity contribution in [2.45, 2.75) is 6.42 Å². The minimum Gasteiger partial charge on any atom is -0.369 e. The van der Waals surface area contributed by atoms with E-state index in [2.05, 4.69) is 10.3 Å². The van der Waals surface area contributed by atoms with Crippen molar-refractivity contribution in [3.8, 4) is 6.19 Å².